The minimum Gasteiger partial charge on any atom is -0.480 e. The van der Waals surface area contributed by atoms with Gasteiger partial charge in [-0.25, -0.2) is 9.59 Å². The SMILES string of the molecule is CN(C(=O)N[C@H](CC(N)=O)C(=O)O)C1CCNCC1. The van der Waals surface area contributed by atoms with E-state index in [0.29, 0.717) is 0 Å². The quantitative estimate of drug-likeness (QED) is 0.495. The second-order valence-electron chi connectivity index (χ2n) is 4.60. The maximum atomic E-state index is 11.9. The first-order chi connectivity index (χ1) is 8.91. The van der Waals surface area contributed by atoms with Crippen molar-refractivity contribution in [2.75, 3.05) is 20.1 Å². The molecule has 1 atom stereocenters. The van der Waals surface area contributed by atoms with Gasteiger partial charge in [0.25, 0.3) is 0 Å². The highest BCUT2D eigenvalue weighted by atomic mass is 16.4. The molecule has 0 aromatic heterocycles. The Labute approximate surface area is 111 Å². The minimum atomic E-state index is -1.28. The number of carboxylic acids is 1. The Morgan fingerprint density at radius 1 is 1.42 bits per heavy atom. The number of nitrogens with one attached hydrogen (secondary N) is 2. The number of urea groups is 1. The van der Waals surface area contributed by atoms with Crippen LogP contribution in [-0.4, -0.2) is 60.1 Å². The monoisotopic (exact) mass is 272 g/mol. The van der Waals surface area contributed by atoms with Gasteiger partial charge in [0.15, 0.2) is 0 Å². The second kappa shape index (κ2) is 6.93. The topological polar surface area (TPSA) is 125 Å². The fourth-order valence-corrected chi connectivity index (χ4v) is 2.01. The van der Waals surface area contributed by atoms with Crippen molar-refractivity contribution >= 4 is 17.9 Å². The van der Waals surface area contributed by atoms with Gasteiger partial charge in [-0.05, 0) is 25.9 Å². The molecule has 108 valence electrons. The van der Waals surface area contributed by atoms with Gasteiger partial charge < -0.3 is 26.4 Å². The minimum absolute atomic E-state index is 0.0734. The van der Waals surface area contributed by atoms with Crippen molar-refractivity contribution in [3.05, 3.63) is 0 Å². The van der Waals surface area contributed by atoms with Crippen LogP contribution >= 0.6 is 0 Å². The van der Waals surface area contributed by atoms with Gasteiger partial charge in [-0.1, -0.05) is 0 Å². The molecule has 0 unspecified atom stereocenters. The number of primary amides is 1. The van der Waals surface area contributed by atoms with Crippen molar-refractivity contribution in [1.29, 1.82) is 0 Å². The number of rotatable bonds is 5. The van der Waals surface area contributed by atoms with Crippen LogP contribution in [-0.2, 0) is 9.59 Å². The molecule has 0 spiro atoms. The van der Waals surface area contributed by atoms with E-state index >= 15 is 0 Å². The van der Waals surface area contributed by atoms with Crippen LogP contribution in [0.2, 0.25) is 0 Å². The van der Waals surface area contributed by atoms with Crippen molar-refractivity contribution in [2.45, 2.75) is 31.3 Å². The molecule has 1 rings (SSSR count). The molecule has 0 radical (unpaired) electrons. The summed E-state index contributed by atoms with van der Waals surface area (Å²) in [4.78, 5) is 35.1. The van der Waals surface area contributed by atoms with Crippen molar-refractivity contribution in [2.24, 2.45) is 5.73 Å². The summed E-state index contributed by atoms with van der Waals surface area (Å²) >= 11 is 0. The highest BCUT2D eigenvalue weighted by molar-refractivity contribution is 5.87. The van der Waals surface area contributed by atoms with Crippen molar-refractivity contribution in [1.82, 2.24) is 15.5 Å². The predicted octanol–water partition coefficient (Wildman–Crippen LogP) is -1.29. The molecular weight excluding hydrogens is 252 g/mol. The van der Waals surface area contributed by atoms with E-state index in [1.165, 1.54) is 4.90 Å². The highest BCUT2D eigenvalue weighted by Crippen LogP contribution is 2.10. The average Bonchev–Trinajstić information content (AvgIpc) is 2.37. The molecule has 5 N–H and O–H groups in total. The van der Waals surface area contributed by atoms with E-state index in [1.807, 2.05) is 0 Å². The Balaban J connectivity index is 2.55. The van der Waals surface area contributed by atoms with E-state index in [2.05, 4.69) is 10.6 Å². The number of aliphatic carboxylic acids is 1. The lowest BCUT2D eigenvalue weighted by Crippen LogP contribution is -2.52. The first kappa shape index (κ1) is 15.2. The number of carboxylic acid groups (broad SMARTS) is 1. The number of hydrogen-bond acceptors (Lipinski definition) is 4. The summed E-state index contributed by atoms with van der Waals surface area (Å²) in [6, 6.07) is -1.71. The van der Waals surface area contributed by atoms with Crippen LogP contribution in [0.4, 0.5) is 4.79 Å². The number of hydrogen-bond donors (Lipinski definition) is 4. The van der Waals surface area contributed by atoms with Gasteiger partial charge in [-0.3, -0.25) is 4.79 Å². The van der Waals surface area contributed by atoms with Gasteiger partial charge >= 0.3 is 12.0 Å². The van der Waals surface area contributed by atoms with Gasteiger partial charge in [0.1, 0.15) is 6.04 Å². The van der Waals surface area contributed by atoms with Gasteiger partial charge in [-0.2, -0.15) is 0 Å². The van der Waals surface area contributed by atoms with E-state index in [0.717, 1.165) is 25.9 Å². The molecule has 0 aromatic carbocycles. The number of carbonyl (C=O) groups is 3. The molecule has 0 bridgehead atoms. The predicted molar refractivity (Wildman–Crippen MR) is 67.4 cm³/mol. The fourth-order valence-electron chi connectivity index (χ4n) is 2.01. The largest absolute Gasteiger partial charge is 0.480 e. The van der Waals surface area contributed by atoms with Crippen molar-refractivity contribution < 1.29 is 19.5 Å². The molecule has 1 aliphatic rings. The summed E-state index contributed by atoms with van der Waals surface area (Å²) in [5.74, 6) is -2.04. The Morgan fingerprint density at radius 3 is 2.47 bits per heavy atom. The zero-order chi connectivity index (χ0) is 14.4. The average molecular weight is 272 g/mol. The third kappa shape index (κ3) is 4.74. The van der Waals surface area contributed by atoms with Crippen molar-refractivity contribution in [3.8, 4) is 0 Å². The summed E-state index contributed by atoms with van der Waals surface area (Å²) in [6.45, 7) is 1.65. The Kier molecular flexibility index (Phi) is 5.56. The maximum absolute atomic E-state index is 11.9. The molecular formula is C11H20N4O4. The van der Waals surface area contributed by atoms with Crippen LogP contribution in [0.25, 0.3) is 0 Å². The third-order valence-electron chi connectivity index (χ3n) is 3.18. The molecule has 8 heteroatoms. The van der Waals surface area contributed by atoms with E-state index in [1.54, 1.807) is 7.05 Å². The first-order valence-electron chi connectivity index (χ1n) is 6.17. The molecule has 1 heterocycles. The van der Waals surface area contributed by atoms with Crippen LogP contribution in [0, 0.1) is 0 Å². The molecule has 0 saturated carbocycles. The Hall–Kier alpha value is -1.83. The van der Waals surface area contributed by atoms with Gasteiger partial charge in [0, 0.05) is 13.1 Å². The maximum Gasteiger partial charge on any atom is 0.326 e. The molecule has 1 fully saturated rings. The fraction of sp³-hybridized carbons (Fsp3) is 0.727. The molecule has 19 heavy (non-hydrogen) atoms. The van der Waals surface area contributed by atoms with Crippen LogP contribution in [0.5, 0.6) is 0 Å². The van der Waals surface area contributed by atoms with Crippen LogP contribution < -0.4 is 16.4 Å². The van der Waals surface area contributed by atoms with Gasteiger partial charge in [-0.15, -0.1) is 0 Å². The lowest BCUT2D eigenvalue weighted by Gasteiger charge is -2.32. The summed E-state index contributed by atoms with van der Waals surface area (Å²) in [5.41, 5.74) is 4.95. The normalized spacial score (nSPS) is 17.5. The summed E-state index contributed by atoms with van der Waals surface area (Å²) < 4.78 is 0. The number of carbonyl (C=O) groups excluding carboxylic acids is 2. The third-order valence-corrected chi connectivity index (χ3v) is 3.18. The number of piperidine rings is 1. The standard InChI is InChI=1S/C11H20N4O4/c1-15(7-2-4-13-5-3-7)11(19)14-8(10(17)18)6-9(12)16/h7-8,13H,2-6H2,1H3,(H2,12,16)(H,14,19)(H,17,18)/t8-/m1/s1. The Bertz CT molecular complexity index is 355. The van der Waals surface area contributed by atoms with Crippen LogP contribution in [0.1, 0.15) is 19.3 Å². The summed E-state index contributed by atoms with van der Waals surface area (Å²) in [5, 5.41) is 14.4. The first-order valence-corrected chi connectivity index (χ1v) is 6.17. The van der Waals surface area contributed by atoms with E-state index in [4.69, 9.17) is 10.8 Å². The van der Waals surface area contributed by atoms with Gasteiger partial charge in [0.05, 0.1) is 6.42 Å². The lowest BCUT2D eigenvalue weighted by atomic mass is 10.1. The van der Waals surface area contributed by atoms with E-state index < -0.39 is 30.4 Å². The number of nitrogens with zero attached hydrogens (tertiary/aromatic N) is 1. The summed E-state index contributed by atoms with van der Waals surface area (Å²) in [6.07, 6.45) is 1.22. The molecule has 0 aromatic rings. The molecule has 1 aliphatic heterocycles. The molecule has 3 amide bonds. The highest BCUT2D eigenvalue weighted by Gasteiger charge is 2.27. The molecule has 8 nitrogen and oxygen atoms in total. The second-order valence-corrected chi connectivity index (χ2v) is 4.60. The number of amides is 3. The van der Waals surface area contributed by atoms with E-state index in [9.17, 15) is 14.4 Å². The van der Waals surface area contributed by atoms with E-state index in [-0.39, 0.29) is 6.04 Å². The zero-order valence-corrected chi connectivity index (χ0v) is 10.9. The molecule has 1 saturated heterocycles. The lowest BCUT2D eigenvalue weighted by molar-refractivity contribution is -0.141. The zero-order valence-electron chi connectivity index (χ0n) is 10.9. The smallest absolute Gasteiger partial charge is 0.326 e. The van der Waals surface area contributed by atoms with Crippen LogP contribution in [0.15, 0.2) is 0 Å². The van der Waals surface area contributed by atoms with Gasteiger partial charge in [0.2, 0.25) is 5.91 Å². The van der Waals surface area contributed by atoms with Crippen LogP contribution in [0.3, 0.4) is 0 Å². The molecule has 0 aliphatic carbocycles. The van der Waals surface area contributed by atoms with Crippen molar-refractivity contribution in [3.63, 3.8) is 0 Å². The number of nitrogens with two attached hydrogens (primary N) is 1. The Morgan fingerprint density at radius 2 is 2.00 bits per heavy atom. The summed E-state index contributed by atoms with van der Waals surface area (Å²) in [7, 11) is 1.62.